The molecule has 1 rings (SSSR count). The number of likely N-dealkylation sites (N-methyl/N-ethyl adjacent to an activating group) is 1. The third-order valence-corrected chi connectivity index (χ3v) is 2.49. The van der Waals surface area contributed by atoms with E-state index in [0.29, 0.717) is 6.61 Å². The third kappa shape index (κ3) is 2.87. The van der Waals surface area contributed by atoms with E-state index in [0.717, 1.165) is 17.1 Å². The van der Waals surface area contributed by atoms with Crippen LogP contribution in [0.3, 0.4) is 0 Å². The lowest BCUT2D eigenvalue weighted by Gasteiger charge is -2.17. The van der Waals surface area contributed by atoms with Crippen LogP contribution in [0.5, 0.6) is 11.5 Å². The molecule has 4 heteroatoms. The Bertz CT molecular complexity index is 328. The predicted molar refractivity (Wildman–Crippen MR) is 63.2 cm³/mol. The van der Waals surface area contributed by atoms with E-state index in [1.54, 1.807) is 21.3 Å². The summed E-state index contributed by atoms with van der Waals surface area (Å²) in [6, 6.07) is 6.01. The van der Waals surface area contributed by atoms with Gasteiger partial charge in [-0.15, -0.1) is 0 Å². The van der Waals surface area contributed by atoms with Gasteiger partial charge in [0.25, 0.3) is 0 Å². The van der Waals surface area contributed by atoms with Crippen molar-refractivity contribution in [2.75, 3.05) is 35.0 Å². The summed E-state index contributed by atoms with van der Waals surface area (Å²) >= 11 is 0. The molecule has 0 heterocycles. The second-order valence-corrected chi connectivity index (χ2v) is 3.41. The van der Waals surface area contributed by atoms with Crippen molar-refractivity contribution in [3.63, 3.8) is 0 Å². The quantitative estimate of drug-likeness (QED) is 0.798. The third-order valence-electron chi connectivity index (χ3n) is 2.49. The van der Waals surface area contributed by atoms with Crippen LogP contribution in [0.1, 0.15) is 11.6 Å². The van der Waals surface area contributed by atoms with Gasteiger partial charge in [-0.05, 0) is 24.7 Å². The fraction of sp³-hybridized carbons (Fsp3) is 0.500. The molecule has 0 spiro atoms. The Hall–Kier alpha value is -1.26. The predicted octanol–water partition coefficient (Wildman–Crippen LogP) is 1.61. The molecule has 90 valence electrons. The van der Waals surface area contributed by atoms with Gasteiger partial charge in [-0.25, -0.2) is 0 Å². The normalized spacial score (nSPS) is 12.2. The lowest BCUT2D eigenvalue weighted by Crippen LogP contribution is -2.21. The van der Waals surface area contributed by atoms with Crippen molar-refractivity contribution in [1.29, 1.82) is 0 Å². The van der Waals surface area contributed by atoms with Gasteiger partial charge in [0.05, 0.1) is 26.9 Å². The van der Waals surface area contributed by atoms with Crippen molar-refractivity contribution < 1.29 is 14.2 Å². The first-order valence-corrected chi connectivity index (χ1v) is 5.15. The highest BCUT2D eigenvalue weighted by molar-refractivity contribution is 5.43. The van der Waals surface area contributed by atoms with E-state index in [2.05, 4.69) is 5.32 Å². The smallest absolute Gasteiger partial charge is 0.161 e. The van der Waals surface area contributed by atoms with Crippen LogP contribution in [-0.2, 0) is 4.74 Å². The lowest BCUT2D eigenvalue weighted by atomic mass is 10.1. The number of benzene rings is 1. The molecule has 0 saturated heterocycles. The van der Waals surface area contributed by atoms with Crippen molar-refractivity contribution in [3.8, 4) is 11.5 Å². The van der Waals surface area contributed by atoms with E-state index in [4.69, 9.17) is 14.2 Å². The molecule has 16 heavy (non-hydrogen) atoms. The van der Waals surface area contributed by atoms with Crippen LogP contribution in [0.15, 0.2) is 18.2 Å². The molecule has 4 nitrogen and oxygen atoms in total. The molecule has 0 aliphatic heterocycles. The summed E-state index contributed by atoms with van der Waals surface area (Å²) in [5, 5.41) is 3.19. The minimum absolute atomic E-state index is 0.157. The van der Waals surface area contributed by atoms with E-state index in [1.165, 1.54) is 0 Å². The highest BCUT2D eigenvalue weighted by atomic mass is 16.5. The number of hydrogen-bond donors (Lipinski definition) is 1. The average Bonchev–Trinajstić information content (AvgIpc) is 2.35. The van der Waals surface area contributed by atoms with Gasteiger partial charge in [-0.1, -0.05) is 6.07 Å². The highest BCUT2D eigenvalue weighted by Gasteiger charge is 2.12. The van der Waals surface area contributed by atoms with Crippen LogP contribution in [-0.4, -0.2) is 35.0 Å². The summed E-state index contributed by atoms with van der Waals surface area (Å²) in [6.45, 7) is 0.617. The Morgan fingerprint density at radius 2 is 1.81 bits per heavy atom. The number of ether oxygens (including phenoxy) is 3. The zero-order chi connectivity index (χ0) is 12.0. The Morgan fingerprint density at radius 3 is 2.31 bits per heavy atom. The van der Waals surface area contributed by atoms with Crippen molar-refractivity contribution in [3.05, 3.63) is 23.8 Å². The van der Waals surface area contributed by atoms with Gasteiger partial charge in [0.2, 0.25) is 0 Å². The Morgan fingerprint density at radius 1 is 1.12 bits per heavy atom. The first kappa shape index (κ1) is 12.8. The second kappa shape index (κ2) is 6.35. The molecule has 0 aliphatic rings. The maximum absolute atomic E-state index is 5.26. The fourth-order valence-corrected chi connectivity index (χ4v) is 1.58. The standard InChI is InChI=1S/C12H19NO3/c1-13-10(8-14-2)9-5-6-11(15-3)12(7-9)16-4/h5-7,10,13H,8H2,1-4H3. The maximum atomic E-state index is 5.26. The molecular weight excluding hydrogens is 206 g/mol. The van der Waals surface area contributed by atoms with Gasteiger partial charge in [-0.3, -0.25) is 0 Å². The summed E-state index contributed by atoms with van der Waals surface area (Å²) < 4.78 is 15.6. The fourth-order valence-electron chi connectivity index (χ4n) is 1.58. The average molecular weight is 225 g/mol. The minimum Gasteiger partial charge on any atom is -0.493 e. The van der Waals surface area contributed by atoms with Crippen molar-refractivity contribution in [2.45, 2.75) is 6.04 Å². The number of rotatable bonds is 6. The van der Waals surface area contributed by atoms with Crippen molar-refractivity contribution in [1.82, 2.24) is 5.32 Å². The molecule has 0 saturated carbocycles. The summed E-state index contributed by atoms with van der Waals surface area (Å²) in [5.74, 6) is 1.47. The summed E-state index contributed by atoms with van der Waals surface area (Å²) in [5.41, 5.74) is 1.11. The van der Waals surface area contributed by atoms with Gasteiger partial charge in [0.15, 0.2) is 11.5 Å². The molecule has 0 fully saturated rings. The molecule has 1 N–H and O–H groups in total. The molecule has 0 radical (unpaired) electrons. The minimum atomic E-state index is 0.157. The Balaban J connectivity index is 2.96. The molecule has 1 aromatic rings. The SMILES string of the molecule is CNC(COC)c1ccc(OC)c(OC)c1. The molecule has 0 aromatic heterocycles. The van der Waals surface area contributed by atoms with Crippen molar-refractivity contribution >= 4 is 0 Å². The van der Waals surface area contributed by atoms with Crippen molar-refractivity contribution in [2.24, 2.45) is 0 Å². The van der Waals surface area contributed by atoms with Crippen LogP contribution >= 0.6 is 0 Å². The molecule has 0 aliphatic carbocycles. The van der Waals surface area contributed by atoms with Crippen LogP contribution < -0.4 is 14.8 Å². The topological polar surface area (TPSA) is 39.7 Å². The molecular formula is C12H19NO3. The molecule has 1 aromatic carbocycles. The number of hydrogen-bond acceptors (Lipinski definition) is 4. The van der Waals surface area contributed by atoms with Gasteiger partial charge in [0.1, 0.15) is 0 Å². The largest absolute Gasteiger partial charge is 0.493 e. The summed E-state index contributed by atoms with van der Waals surface area (Å²) in [4.78, 5) is 0. The number of methoxy groups -OCH3 is 3. The van der Waals surface area contributed by atoms with E-state index in [1.807, 2.05) is 25.2 Å². The lowest BCUT2D eigenvalue weighted by molar-refractivity contribution is 0.170. The van der Waals surface area contributed by atoms with E-state index in [9.17, 15) is 0 Å². The van der Waals surface area contributed by atoms with Crippen LogP contribution in [0.25, 0.3) is 0 Å². The second-order valence-electron chi connectivity index (χ2n) is 3.41. The van der Waals surface area contributed by atoms with Gasteiger partial charge in [-0.2, -0.15) is 0 Å². The number of nitrogens with one attached hydrogen (secondary N) is 1. The summed E-state index contributed by atoms with van der Waals surface area (Å²) in [7, 11) is 6.85. The Kier molecular flexibility index (Phi) is 5.08. The summed E-state index contributed by atoms with van der Waals surface area (Å²) in [6.07, 6.45) is 0. The monoisotopic (exact) mass is 225 g/mol. The van der Waals surface area contributed by atoms with Gasteiger partial charge < -0.3 is 19.5 Å². The van der Waals surface area contributed by atoms with E-state index in [-0.39, 0.29) is 6.04 Å². The van der Waals surface area contributed by atoms with Gasteiger partial charge in [0, 0.05) is 7.11 Å². The molecule has 0 bridgehead atoms. The highest BCUT2D eigenvalue weighted by Crippen LogP contribution is 2.29. The van der Waals surface area contributed by atoms with Crippen LogP contribution in [0.4, 0.5) is 0 Å². The molecule has 1 atom stereocenters. The molecule has 1 unspecified atom stereocenters. The first-order valence-electron chi connectivity index (χ1n) is 5.15. The van der Waals surface area contributed by atoms with Gasteiger partial charge >= 0.3 is 0 Å². The maximum Gasteiger partial charge on any atom is 0.161 e. The molecule has 0 amide bonds. The van der Waals surface area contributed by atoms with Crippen LogP contribution in [0, 0.1) is 0 Å². The Labute approximate surface area is 96.5 Å². The zero-order valence-electron chi connectivity index (χ0n) is 10.2. The van der Waals surface area contributed by atoms with E-state index < -0.39 is 0 Å². The van der Waals surface area contributed by atoms with E-state index >= 15 is 0 Å². The van der Waals surface area contributed by atoms with Crippen LogP contribution in [0.2, 0.25) is 0 Å². The zero-order valence-corrected chi connectivity index (χ0v) is 10.2. The first-order chi connectivity index (χ1) is 7.76.